The minimum absolute atomic E-state index is 0.772. The molecular weight excluding hydrogens is 302 g/mol. The summed E-state index contributed by atoms with van der Waals surface area (Å²) in [6.07, 6.45) is 2.67. The quantitative estimate of drug-likeness (QED) is 0.666. The summed E-state index contributed by atoms with van der Waals surface area (Å²) in [4.78, 5) is 3.66. The second kappa shape index (κ2) is 6.73. The molecule has 4 rings (SSSR count). The van der Waals surface area contributed by atoms with E-state index in [2.05, 4.69) is 59.5 Å². The maximum absolute atomic E-state index is 5.87. The number of rotatable bonds is 5. The molecule has 3 heteroatoms. The first-order chi connectivity index (χ1) is 11.4. The lowest BCUT2D eigenvalue weighted by Gasteiger charge is -2.14. The number of hydrogen-bond donors (Lipinski definition) is 0. The van der Waals surface area contributed by atoms with Gasteiger partial charge in [0.25, 0.3) is 0 Å². The van der Waals surface area contributed by atoms with Crippen molar-refractivity contribution in [2.75, 3.05) is 26.2 Å². The molecule has 0 N–H and O–H groups in total. The van der Waals surface area contributed by atoms with E-state index in [1.165, 1.54) is 46.5 Å². The number of ether oxygens (including phenoxy) is 1. The number of nitrogens with zero attached hydrogens (tertiary/aromatic N) is 1. The van der Waals surface area contributed by atoms with Crippen LogP contribution in [0.2, 0.25) is 0 Å². The number of likely N-dealkylation sites (tertiary alicyclic amines) is 1. The molecule has 0 spiro atoms. The lowest BCUT2D eigenvalue weighted by atomic mass is 10.1. The molecule has 0 saturated carbocycles. The van der Waals surface area contributed by atoms with Gasteiger partial charge in [0, 0.05) is 27.6 Å². The van der Waals surface area contributed by atoms with E-state index in [9.17, 15) is 0 Å². The van der Waals surface area contributed by atoms with Gasteiger partial charge in [0.1, 0.15) is 12.4 Å². The van der Waals surface area contributed by atoms with E-state index in [1.807, 2.05) is 0 Å². The van der Waals surface area contributed by atoms with Crippen LogP contribution in [0.15, 0.2) is 48.5 Å². The molecule has 1 saturated heterocycles. The van der Waals surface area contributed by atoms with Crippen LogP contribution in [0.5, 0.6) is 5.75 Å². The Balaban J connectivity index is 1.40. The predicted octanol–water partition coefficient (Wildman–Crippen LogP) is 4.84. The average Bonchev–Trinajstić information content (AvgIpc) is 3.24. The Labute approximate surface area is 141 Å². The van der Waals surface area contributed by atoms with E-state index >= 15 is 0 Å². The van der Waals surface area contributed by atoms with Crippen LogP contribution in [0.3, 0.4) is 0 Å². The lowest BCUT2D eigenvalue weighted by Crippen LogP contribution is -2.25. The van der Waals surface area contributed by atoms with Crippen LogP contribution in [0.4, 0.5) is 0 Å². The van der Waals surface area contributed by atoms with Crippen molar-refractivity contribution in [3.63, 3.8) is 0 Å². The van der Waals surface area contributed by atoms with E-state index in [-0.39, 0.29) is 0 Å². The zero-order valence-corrected chi connectivity index (χ0v) is 13.9. The van der Waals surface area contributed by atoms with Crippen molar-refractivity contribution in [3.05, 3.63) is 54.6 Å². The van der Waals surface area contributed by atoms with Crippen LogP contribution >= 0.6 is 11.3 Å². The normalized spacial score (nSPS) is 15.3. The van der Waals surface area contributed by atoms with Crippen molar-refractivity contribution in [2.24, 2.45) is 0 Å². The standard InChI is InChI=1S/C20H20NOS/c1-2-6-19-17(5-1)15-20(23-19)16-7-9-18(10-8-16)22-14-13-21-11-3-4-12-21/h1-2,5-10H,3-4,11-14H2. The molecule has 0 atom stereocenters. The van der Waals surface area contributed by atoms with Gasteiger partial charge in [-0.1, -0.05) is 18.2 Å². The largest absolute Gasteiger partial charge is 0.492 e. The minimum atomic E-state index is 0.772. The third kappa shape index (κ3) is 3.41. The molecule has 0 bridgehead atoms. The third-order valence-electron chi connectivity index (χ3n) is 4.34. The first-order valence-corrected chi connectivity index (χ1v) is 9.06. The number of fused-ring (bicyclic) bond motifs is 1. The van der Waals surface area contributed by atoms with Gasteiger partial charge in [-0.05, 0) is 61.8 Å². The highest BCUT2D eigenvalue weighted by atomic mass is 32.1. The fourth-order valence-electron chi connectivity index (χ4n) is 3.05. The molecule has 0 aliphatic carbocycles. The van der Waals surface area contributed by atoms with Crippen molar-refractivity contribution >= 4 is 21.4 Å². The minimum Gasteiger partial charge on any atom is -0.492 e. The maximum Gasteiger partial charge on any atom is 0.119 e. The molecule has 2 aromatic carbocycles. The van der Waals surface area contributed by atoms with Crippen molar-refractivity contribution < 1.29 is 4.74 Å². The van der Waals surface area contributed by atoms with Gasteiger partial charge < -0.3 is 4.74 Å². The summed E-state index contributed by atoms with van der Waals surface area (Å²) in [6.45, 7) is 4.26. The van der Waals surface area contributed by atoms with Crippen molar-refractivity contribution in [1.29, 1.82) is 0 Å². The van der Waals surface area contributed by atoms with Gasteiger partial charge in [-0.2, -0.15) is 0 Å². The van der Waals surface area contributed by atoms with Gasteiger partial charge in [0.2, 0.25) is 0 Å². The molecular formula is C20H20NOS. The summed E-state index contributed by atoms with van der Waals surface area (Å²) in [5.74, 6) is 0.953. The van der Waals surface area contributed by atoms with Gasteiger partial charge in [-0.25, -0.2) is 0 Å². The molecule has 0 unspecified atom stereocenters. The van der Waals surface area contributed by atoms with E-state index in [0.717, 1.165) is 18.9 Å². The Morgan fingerprint density at radius 3 is 2.57 bits per heavy atom. The van der Waals surface area contributed by atoms with Crippen LogP contribution in [-0.2, 0) is 0 Å². The van der Waals surface area contributed by atoms with Crippen LogP contribution in [-0.4, -0.2) is 31.1 Å². The molecule has 2 nitrogen and oxygen atoms in total. The van der Waals surface area contributed by atoms with Crippen molar-refractivity contribution in [3.8, 4) is 16.2 Å². The fraction of sp³-hybridized carbons (Fsp3) is 0.300. The first kappa shape index (κ1) is 14.7. The Hall–Kier alpha value is -1.84. The fourth-order valence-corrected chi connectivity index (χ4v) is 4.06. The Morgan fingerprint density at radius 2 is 1.78 bits per heavy atom. The number of hydrogen-bond acceptors (Lipinski definition) is 3. The molecule has 3 aromatic rings. The predicted molar refractivity (Wildman–Crippen MR) is 97.3 cm³/mol. The van der Waals surface area contributed by atoms with Gasteiger partial charge in [-0.15, -0.1) is 11.3 Å². The topological polar surface area (TPSA) is 12.5 Å². The zero-order chi connectivity index (χ0) is 15.5. The summed E-state index contributed by atoms with van der Waals surface area (Å²) in [6, 6.07) is 20.3. The molecule has 1 aromatic heterocycles. The summed E-state index contributed by atoms with van der Waals surface area (Å²) in [5, 5.41) is 1.19. The second-order valence-corrected chi connectivity index (χ2v) is 7.03. The van der Waals surface area contributed by atoms with Crippen LogP contribution in [0, 0.1) is 6.07 Å². The van der Waals surface area contributed by atoms with E-state index in [0.29, 0.717) is 0 Å². The number of thiophene rings is 1. The molecule has 1 radical (unpaired) electrons. The average molecular weight is 322 g/mol. The van der Waals surface area contributed by atoms with Gasteiger partial charge in [0.15, 0.2) is 0 Å². The highest BCUT2D eigenvalue weighted by Gasteiger charge is 2.10. The molecule has 23 heavy (non-hydrogen) atoms. The summed E-state index contributed by atoms with van der Waals surface area (Å²) >= 11 is 1.79. The monoisotopic (exact) mass is 322 g/mol. The summed E-state index contributed by atoms with van der Waals surface area (Å²) < 4.78 is 7.15. The van der Waals surface area contributed by atoms with Gasteiger partial charge >= 0.3 is 0 Å². The number of benzene rings is 2. The maximum atomic E-state index is 5.87. The second-order valence-electron chi connectivity index (χ2n) is 5.97. The van der Waals surface area contributed by atoms with Crippen LogP contribution in [0.25, 0.3) is 20.5 Å². The lowest BCUT2D eigenvalue weighted by molar-refractivity contribution is 0.238. The Bertz CT molecular complexity index is 739. The highest BCUT2D eigenvalue weighted by molar-refractivity contribution is 7.22. The molecule has 1 aliphatic heterocycles. The summed E-state index contributed by atoms with van der Waals surface area (Å²) in [7, 11) is 0. The van der Waals surface area contributed by atoms with E-state index in [4.69, 9.17) is 4.74 Å². The zero-order valence-electron chi connectivity index (χ0n) is 13.1. The Morgan fingerprint density at radius 1 is 1.00 bits per heavy atom. The third-order valence-corrected chi connectivity index (χ3v) is 5.46. The molecule has 0 amide bonds. The van der Waals surface area contributed by atoms with Crippen LogP contribution in [0.1, 0.15) is 12.8 Å². The van der Waals surface area contributed by atoms with Gasteiger partial charge in [-0.3, -0.25) is 4.90 Å². The van der Waals surface area contributed by atoms with Crippen molar-refractivity contribution in [2.45, 2.75) is 12.8 Å². The highest BCUT2D eigenvalue weighted by Crippen LogP contribution is 2.33. The van der Waals surface area contributed by atoms with Crippen LogP contribution < -0.4 is 4.74 Å². The molecule has 117 valence electrons. The van der Waals surface area contributed by atoms with Crippen molar-refractivity contribution in [1.82, 2.24) is 4.90 Å². The Kier molecular flexibility index (Phi) is 4.31. The molecule has 2 heterocycles. The van der Waals surface area contributed by atoms with Gasteiger partial charge in [0.05, 0.1) is 0 Å². The smallest absolute Gasteiger partial charge is 0.119 e. The molecule has 1 fully saturated rings. The SMILES string of the molecule is [c]1c(-c2ccc(OCCN3CCCC3)cc2)sc2ccccc12. The first-order valence-electron chi connectivity index (χ1n) is 8.25. The van der Waals surface area contributed by atoms with E-state index < -0.39 is 0 Å². The molecule has 1 aliphatic rings. The summed E-state index contributed by atoms with van der Waals surface area (Å²) in [5.41, 5.74) is 1.21. The van der Waals surface area contributed by atoms with E-state index in [1.54, 1.807) is 11.3 Å².